The Morgan fingerprint density at radius 2 is 1.78 bits per heavy atom. The molecule has 0 fully saturated rings. The maximum Gasteiger partial charge on any atom is 0.201 e. The highest BCUT2D eigenvalue weighted by molar-refractivity contribution is 7.25. The van der Waals surface area contributed by atoms with E-state index < -0.39 is 0 Å². The van der Waals surface area contributed by atoms with Gasteiger partial charge < -0.3 is 0 Å². The van der Waals surface area contributed by atoms with E-state index in [9.17, 15) is 0 Å². The van der Waals surface area contributed by atoms with E-state index in [1.165, 1.54) is 11.3 Å². The molecule has 7 heteroatoms. The molecule has 0 spiro atoms. The largest absolute Gasteiger partial charge is 0.252 e. The Kier molecular flexibility index (Phi) is 2.56. The first-order valence-electron chi connectivity index (χ1n) is 6.98. The highest BCUT2D eigenvalue weighted by Crippen LogP contribution is 2.29. The fourth-order valence-electron chi connectivity index (χ4n) is 2.52. The number of pyridine rings is 1. The number of benzene rings is 1. The molecule has 0 aliphatic heterocycles. The molecule has 5 rings (SSSR count). The van der Waals surface area contributed by atoms with E-state index in [2.05, 4.69) is 30.4 Å². The van der Waals surface area contributed by atoms with Crippen molar-refractivity contribution in [2.24, 2.45) is 0 Å². The lowest BCUT2D eigenvalue weighted by Gasteiger charge is -2.01. The Balaban J connectivity index is 1.73. The Morgan fingerprint density at radius 3 is 2.74 bits per heavy atom. The van der Waals surface area contributed by atoms with Crippen LogP contribution in [0.25, 0.3) is 42.9 Å². The van der Waals surface area contributed by atoms with Gasteiger partial charge in [-0.2, -0.15) is 5.10 Å². The fraction of sp³-hybridized carbons (Fsp3) is 0. The lowest BCUT2D eigenvalue weighted by molar-refractivity contribution is 1.02. The Labute approximate surface area is 133 Å². The molecule has 0 saturated carbocycles. The highest BCUT2D eigenvalue weighted by atomic mass is 32.1. The van der Waals surface area contributed by atoms with Gasteiger partial charge in [-0.3, -0.25) is 4.98 Å². The minimum absolute atomic E-state index is 0.516. The second kappa shape index (κ2) is 4.72. The highest BCUT2D eigenvalue weighted by Gasteiger charge is 2.12. The van der Waals surface area contributed by atoms with Crippen LogP contribution in [0.1, 0.15) is 0 Å². The van der Waals surface area contributed by atoms with Crippen LogP contribution in [-0.4, -0.2) is 30.4 Å². The summed E-state index contributed by atoms with van der Waals surface area (Å²) >= 11 is 1.53. The number of thiophene rings is 1. The number of aromatic nitrogens is 6. The van der Waals surface area contributed by atoms with Gasteiger partial charge in [0.25, 0.3) is 0 Å². The van der Waals surface area contributed by atoms with Gasteiger partial charge in [-0.05, 0) is 17.5 Å². The summed E-state index contributed by atoms with van der Waals surface area (Å²) in [5, 5.41) is 18.7. The van der Waals surface area contributed by atoms with E-state index in [1.807, 2.05) is 42.6 Å². The molecule has 0 aliphatic rings. The lowest BCUT2D eigenvalue weighted by atomic mass is 10.1. The number of hydrogen-bond donors (Lipinski definition) is 0. The van der Waals surface area contributed by atoms with Crippen molar-refractivity contribution in [3.63, 3.8) is 0 Å². The first-order chi connectivity index (χ1) is 11.4. The molecular weight excluding hydrogens is 308 g/mol. The van der Waals surface area contributed by atoms with Crippen LogP contribution in [-0.2, 0) is 0 Å². The predicted molar refractivity (Wildman–Crippen MR) is 89.0 cm³/mol. The molecule has 0 saturated heterocycles. The summed E-state index contributed by atoms with van der Waals surface area (Å²) in [6.45, 7) is 0. The molecular formula is C16H8N6S. The third-order valence-corrected chi connectivity index (χ3v) is 4.66. The van der Waals surface area contributed by atoms with Crippen LogP contribution in [0.2, 0.25) is 0 Å². The van der Waals surface area contributed by atoms with Crippen molar-refractivity contribution in [2.45, 2.75) is 0 Å². The molecule has 0 atom stereocenters. The second-order valence-corrected chi connectivity index (χ2v) is 6.08. The van der Waals surface area contributed by atoms with Crippen molar-refractivity contribution in [1.82, 2.24) is 30.4 Å². The summed E-state index contributed by atoms with van der Waals surface area (Å²) in [5.41, 5.74) is 2.13. The summed E-state index contributed by atoms with van der Waals surface area (Å²) in [5.74, 6) is 0.516. The lowest BCUT2D eigenvalue weighted by Crippen LogP contribution is -1.94. The number of hydrogen-bond acceptors (Lipinski definition) is 7. The van der Waals surface area contributed by atoms with Gasteiger partial charge in [-0.15, -0.1) is 26.6 Å². The van der Waals surface area contributed by atoms with Crippen LogP contribution in [0.4, 0.5) is 0 Å². The van der Waals surface area contributed by atoms with Crippen molar-refractivity contribution < 1.29 is 0 Å². The Morgan fingerprint density at radius 1 is 0.870 bits per heavy atom. The summed E-state index contributed by atoms with van der Waals surface area (Å²) in [6.07, 6.45) is 3.49. The van der Waals surface area contributed by atoms with E-state index in [0.717, 1.165) is 25.8 Å². The average molecular weight is 316 g/mol. The molecule has 6 nitrogen and oxygen atoms in total. The maximum atomic E-state index is 4.60. The van der Waals surface area contributed by atoms with Gasteiger partial charge in [-0.1, -0.05) is 24.3 Å². The minimum Gasteiger partial charge on any atom is -0.252 e. The standard InChI is InChI=1S/C16H8N6S/c1-2-4-10-8-17-11(7-9(10)3-1)15-19-16-14(21-22-15)13-12(23-16)5-6-18-20-13/h1-8H. The topological polar surface area (TPSA) is 77.3 Å². The van der Waals surface area contributed by atoms with Crippen LogP contribution in [0.5, 0.6) is 0 Å². The zero-order valence-electron chi connectivity index (χ0n) is 11.7. The van der Waals surface area contributed by atoms with Crippen LogP contribution in [0.3, 0.4) is 0 Å². The molecule has 1 aromatic carbocycles. The third-order valence-electron chi connectivity index (χ3n) is 3.63. The first-order valence-corrected chi connectivity index (χ1v) is 7.80. The molecule has 0 amide bonds. The van der Waals surface area contributed by atoms with Crippen LogP contribution in [0.15, 0.2) is 48.8 Å². The zero-order valence-corrected chi connectivity index (χ0v) is 12.5. The molecule has 0 aliphatic carbocycles. The number of nitrogens with zero attached hydrogens (tertiary/aromatic N) is 6. The van der Waals surface area contributed by atoms with Gasteiger partial charge >= 0.3 is 0 Å². The van der Waals surface area contributed by atoms with Gasteiger partial charge in [0.1, 0.15) is 16.0 Å². The molecule has 0 bridgehead atoms. The predicted octanol–water partition coefficient (Wildman–Crippen LogP) is 3.24. The molecule has 0 radical (unpaired) electrons. The average Bonchev–Trinajstić information content (AvgIpc) is 2.99. The quantitative estimate of drug-likeness (QED) is 0.472. The Hall–Kier alpha value is -3.06. The monoisotopic (exact) mass is 316 g/mol. The SMILES string of the molecule is c1ccc2cc(-c3nnc4c(n3)sc3ccnnc34)ncc2c1. The zero-order chi connectivity index (χ0) is 15.2. The summed E-state index contributed by atoms with van der Waals surface area (Å²) in [4.78, 5) is 9.85. The van der Waals surface area contributed by atoms with Gasteiger partial charge in [0.05, 0.1) is 10.9 Å². The van der Waals surface area contributed by atoms with Crippen molar-refractivity contribution in [1.29, 1.82) is 0 Å². The van der Waals surface area contributed by atoms with Crippen molar-refractivity contribution >= 4 is 42.7 Å². The normalized spacial score (nSPS) is 11.5. The van der Waals surface area contributed by atoms with Gasteiger partial charge in [-0.25, -0.2) is 4.98 Å². The van der Waals surface area contributed by atoms with Crippen molar-refractivity contribution in [3.05, 3.63) is 48.8 Å². The van der Waals surface area contributed by atoms with E-state index in [-0.39, 0.29) is 0 Å². The maximum absolute atomic E-state index is 4.60. The van der Waals surface area contributed by atoms with Crippen LogP contribution >= 0.6 is 11.3 Å². The van der Waals surface area contributed by atoms with Crippen LogP contribution in [0, 0.1) is 0 Å². The van der Waals surface area contributed by atoms with E-state index in [0.29, 0.717) is 17.0 Å². The van der Waals surface area contributed by atoms with Crippen molar-refractivity contribution in [2.75, 3.05) is 0 Å². The number of fused-ring (bicyclic) bond motifs is 4. The second-order valence-electron chi connectivity index (χ2n) is 5.05. The molecule has 0 unspecified atom stereocenters. The molecule has 5 aromatic rings. The summed E-state index contributed by atoms with van der Waals surface area (Å²) in [7, 11) is 0. The van der Waals surface area contributed by atoms with Gasteiger partial charge in [0.2, 0.25) is 5.82 Å². The summed E-state index contributed by atoms with van der Waals surface area (Å²) in [6, 6.07) is 11.9. The first kappa shape index (κ1) is 12.5. The van der Waals surface area contributed by atoms with Crippen molar-refractivity contribution in [3.8, 4) is 11.5 Å². The van der Waals surface area contributed by atoms with Gasteiger partial charge in [0, 0.05) is 11.6 Å². The van der Waals surface area contributed by atoms with E-state index in [4.69, 9.17) is 0 Å². The minimum atomic E-state index is 0.516. The summed E-state index contributed by atoms with van der Waals surface area (Å²) < 4.78 is 1.00. The van der Waals surface area contributed by atoms with E-state index >= 15 is 0 Å². The number of rotatable bonds is 1. The fourth-order valence-corrected chi connectivity index (χ4v) is 3.45. The van der Waals surface area contributed by atoms with Gasteiger partial charge in [0.15, 0.2) is 5.52 Å². The smallest absolute Gasteiger partial charge is 0.201 e. The molecule has 4 heterocycles. The molecule has 23 heavy (non-hydrogen) atoms. The Bertz CT molecular complexity index is 1180. The van der Waals surface area contributed by atoms with E-state index in [1.54, 1.807) is 6.20 Å². The third kappa shape index (κ3) is 1.94. The molecule has 0 N–H and O–H groups in total. The molecule has 108 valence electrons. The van der Waals surface area contributed by atoms with Crippen LogP contribution < -0.4 is 0 Å². The molecule has 4 aromatic heterocycles.